The summed E-state index contributed by atoms with van der Waals surface area (Å²) < 4.78 is 0.988. The third-order valence-corrected chi connectivity index (χ3v) is 5.27. The average Bonchev–Trinajstić information content (AvgIpc) is 3.17. The zero-order chi connectivity index (χ0) is 16.7. The molecule has 0 aliphatic carbocycles. The molecule has 0 bridgehead atoms. The number of nitrogens with zero attached hydrogens (tertiary/aromatic N) is 2. The lowest BCUT2D eigenvalue weighted by Crippen LogP contribution is -1.92. The highest BCUT2D eigenvalue weighted by molar-refractivity contribution is 9.10. The van der Waals surface area contributed by atoms with Crippen molar-refractivity contribution in [3.05, 3.63) is 56.3 Å². The number of fused-ring (bicyclic) bond motifs is 1. The smallest absolute Gasteiger partial charge is 0.187 e. The minimum Gasteiger partial charge on any atom is -0.337 e. The van der Waals surface area contributed by atoms with Crippen molar-refractivity contribution in [2.75, 3.05) is 5.32 Å². The molecule has 0 atom stereocenters. The maximum atomic E-state index is 6.18. The van der Waals surface area contributed by atoms with E-state index in [0.717, 1.165) is 27.0 Å². The molecule has 2 aromatic heterocycles. The molecule has 0 fully saturated rings. The van der Waals surface area contributed by atoms with E-state index in [1.165, 1.54) is 11.3 Å². The minimum atomic E-state index is 0.549. The Balaban J connectivity index is 1.66. The first-order valence-electron chi connectivity index (χ1n) is 6.92. The maximum absolute atomic E-state index is 6.18. The number of hydrogen-bond donors (Lipinski definition) is 2. The number of nitrogens with one attached hydrogen (secondary N) is 2. The zero-order valence-electron chi connectivity index (χ0n) is 12.0. The van der Waals surface area contributed by atoms with E-state index < -0.39 is 0 Å². The lowest BCUT2D eigenvalue weighted by molar-refractivity contribution is 1.27. The molecule has 2 N–H and O–H groups in total. The average molecular weight is 440 g/mol. The molecule has 4 nitrogen and oxygen atoms in total. The number of halogens is 3. The van der Waals surface area contributed by atoms with E-state index in [0.29, 0.717) is 20.9 Å². The first kappa shape index (κ1) is 15.9. The molecule has 4 aromatic rings. The third kappa shape index (κ3) is 3.02. The number of aromatic amines is 1. The van der Waals surface area contributed by atoms with Crippen LogP contribution in [-0.2, 0) is 0 Å². The van der Waals surface area contributed by atoms with Gasteiger partial charge >= 0.3 is 0 Å². The van der Waals surface area contributed by atoms with E-state index in [1.807, 2.05) is 23.6 Å². The highest BCUT2D eigenvalue weighted by Crippen LogP contribution is 2.34. The topological polar surface area (TPSA) is 53.6 Å². The van der Waals surface area contributed by atoms with Crippen LogP contribution in [0.15, 0.2) is 46.3 Å². The number of benzene rings is 2. The van der Waals surface area contributed by atoms with Crippen LogP contribution in [0.3, 0.4) is 0 Å². The molecule has 120 valence electrons. The van der Waals surface area contributed by atoms with Gasteiger partial charge in [0.25, 0.3) is 0 Å². The Kier molecular flexibility index (Phi) is 4.22. The first-order chi connectivity index (χ1) is 11.6. The Morgan fingerprint density at radius 3 is 2.67 bits per heavy atom. The van der Waals surface area contributed by atoms with Crippen LogP contribution in [0.4, 0.5) is 10.8 Å². The molecule has 0 unspecified atom stereocenters. The number of para-hydroxylation sites is 1. The predicted molar refractivity (Wildman–Crippen MR) is 105 cm³/mol. The van der Waals surface area contributed by atoms with Crippen molar-refractivity contribution in [2.24, 2.45) is 0 Å². The van der Waals surface area contributed by atoms with E-state index in [2.05, 4.69) is 36.2 Å². The van der Waals surface area contributed by atoms with Crippen molar-refractivity contribution in [2.45, 2.75) is 0 Å². The summed E-state index contributed by atoms with van der Waals surface area (Å²) in [5.74, 6) is 0.720. The Morgan fingerprint density at radius 1 is 1.08 bits per heavy atom. The lowest BCUT2D eigenvalue weighted by Gasteiger charge is -2.06. The molecule has 2 aromatic carbocycles. The van der Waals surface area contributed by atoms with Crippen molar-refractivity contribution < 1.29 is 0 Å². The number of aromatic nitrogens is 3. The van der Waals surface area contributed by atoms with Gasteiger partial charge in [-0.15, -0.1) is 11.3 Å². The summed E-state index contributed by atoms with van der Waals surface area (Å²) in [6, 6.07) is 11.3. The van der Waals surface area contributed by atoms with Crippen LogP contribution in [0.2, 0.25) is 10.0 Å². The van der Waals surface area contributed by atoms with Crippen molar-refractivity contribution in [1.29, 1.82) is 0 Å². The molecule has 0 amide bonds. The minimum absolute atomic E-state index is 0.549. The highest BCUT2D eigenvalue weighted by Gasteiger charge is 2.12. The fourth-order valence-electron chi connectivity index (χ4n) is 2.26. The molecule has 0 aliphatic rings. The van der Waals surface area contributed by atoms with Gasteiger partial charge in [0.05, 0.1) is 26.8 Å². The van der Waals surface area contributed by atoms with E-state index in [4.69, 9.17) is 23.2 Å². The Morgan fingerprint density at radius 2 is 1.88 bits per heavy atom. The number of hydrogen-bond acceptors (Lipinski definition) is 4. The molecular weight excluding hydrogens is 431 g/mol. The quantitative estimate of drug-likeness (QED) is 0.383. The SMILES string of the molecule is Clc1cccc(Cl)c1Nc1nc(-c2nc3cc(Br)ccc3[nH]2)cs1. The van der Waals surface area contributed by atoms with E-state index in [9.17, 15) is 0 Å². The van der Waals surface area contributed by atoms with Crippen molar-refractivity contribution in [1.82, 2.24) is 15.0 Å². The maximum Gasteiger partial charge on any atom is 0.187 e. The molecule has 8 heteroatoms. The number of H-pyrrole nitrogens is 1. The van der Waals surface area contributed by atoms with Crippen LogP contribution >= 0.6 is 50.5 Å². The summed E-state index contributed by atoms with van der Waals surface area (Å²) in [4.78, 5) is 12.4. The molecule has 0 aliphatic heterocycles. The number of rotatable bonds is 3. The first-order valence-corrected chi connectivity index (χ1v) is 9.35. The third-order valence-electron chi connectivity index (χ3n) is 3.39. The molecule has 0 spiro atoms. The molecule has 0 saturated carbocycles. The predicted octanol–water partition coefficient (Wildman–Crippen LogP) is 6.50. The van der Waals surface area contributed by atoms with Crippen LogP contribution in [0, 0.1) is 0 Å². The standard InChI is InChI=1S/C16H9BrCl2N4S/c17-8-4-5-11-12(6-8)21-15(20-11)13-7-24-16(22-13)23-14-9(18)2-1-3-10(14)19/h1-7H,(H,20,21)(H,22,23). The summed E-state index contributed by atoms with van der Waals surface area (Å²) in [5.41, 5.74) is 3.26. The van der Waals surface area contributed by atoms with Crippen molar-refractivity contribution in [3.63, 3.8) is 0 Å². The molecule has 0 radical (unpaired) electrons. The summed E-state index contributed by atoms with van der Waals surface area (Å²) in [6.45, 7) is 0. The van der Waals surface area contributed by atoms with Crippen LogP contribution in [-0.4, -0.2) is 15.0 Å². The van der Waals surface area contributed by atoms with Gasteiger partial charge in [0.2, 0.25) is 0 Å². The van der Waals surface area contributed by atoms with E-state index in [1.54, 1.807) is 18.2 Å². The van der Waals surface area contributed by atoms with Gasteiger partial charge in [0, 0.05) is 9.85 Å². The largest absolute Gasteiger partial charge is 0.337 e. The van der Waals surface area contributed by atoms with Crippen molar-refractivity contribution in [3.8, 4) is 11.5 Å². The van der Waals surface area contributed by atoms with Gasteiger partial charge in [-0.1, -0.05) is 45.2 Å². The fourth-order valence-corrected chi connectivity index (χ4v) is 3.80. The Bertz CT molecular complexity index is 1020. The number of anilines is 2. The van der Waals surface area contributed by atoms with Crippen LogP contribution in [0.25, 0.3) is 22.6 Å². The molecule has 0 saturated heterocycles. The van der Waals surface area contributed by atoms with Gasteiger partial charge in [0.1, 0.15) is 5.69 Å². The number of imidazole rings is 1. The van der Waals surface area contributed by atoms with Crippen LogP contribution < -0.4 is 5.32 Å². The fraction of sp³-hybridized carbons (Fsp3) is 0. The summed E-state index contributed by atoms with van der Waals surface area (Å²) in [5, 5.41) is 6.89. The normalized spacial score (nSPS) is 11.1. The lowest BCUT2D eigenvalue weighted by atomic mass is 10.3. The zero-order valence-corrected chi connectivity index (χ0v) is 15.9. The van der Waals surface area contributed by atoms with E-state index >= 15 is 0 Å². The molecular formula is C16H9BrCl2N4S. The van der Waals surface area contributed by atoms with Gasteiger partial charge in [0.15, 0.2) is 11.0 Å². The summed E-state index contributed by atoms with van der Waals surface area (Å²) in [7, 11) is 0. The second-order valence-electron chi connectivity index (χ2n) is 5.01. The van der Waals surface area contributed by atoms with E-state index in [-0.39, 0.29) is 0 Å². The van der Waals surface area contributed by atoms with Gasteiger partial charge in [-0.25, -0.2) is 9.97 Å². The van der Waals surface area contributed by atoms with Gasteiger partial charge in [-0.3, -0.25) is 0 Å². The van der Waals surface area contributed by atoms with Gasteiger partial charge < -0.3 is 10.3 Å². The second-order valence-corrected chi connectivity index (χ2v) is 7.59. The van der Waals surface area contributed by atoms with Gasteiger partial charge in [-0.05, 0) is 30.3 Å². The highest BCUT2D eigenvalue weighted by atomic mass is 79.9. The van der Waals surface area contributed by atoms with Crippen LogP contribution in [0.5, 0.6) is 0 Å². The van der Waals surface area contributed by atoms with Crippen molar-refractivity contribution >= 4 is 72.3 Å². The Hall–Kier alpha value is -1.60. The molecule has 2 heterocycles. The molecule has 24 heavy (non-hydrogen) atoms. The second kappa shape index (κ2) is 6.37. The Labute approximate surface area is 160 Å². The molecule has 4 rings (SSSR count). The monoisotopic (exact) mass is 438 g/mol. The van der Waals surface area contributed by atoms with Crippen LogP contribution in [0.1, 0.15) is 0 Å². The number of thiazole rings is 1. The summed E-state index contributed by atoms with van der Waals surface area (Å²) in [6.07, 6.45) is 0. The van der Waals surface area contributed by atoms with Gasteiger partial charge in [-0.2, -0.15) is 0 Å². The summed E-state index contributed by atoms with van der Waals surface area (Å²) >= 11 is 17.3.